The highest BCUT2D eigenvalue weighted by Crippen LogP contribution is 2.18. The lowest BCUT2D eigenvalue weighted by molar-refractivity contribution is 0.0342. The molecular formula is C26H26N4O2. The van der Waals surface area contributed by atoms with Gasteiger partial charge in [0.05, 0.1) is 24.2 Å². The Labute approximate surface area is 187 Å². The van der Waals surface area contributed by atoms with E-state index in [1.807, 2.05) is 59.4 Å². The number of carbonyl (C=O) groups excluding carboxylic acids is 1. The molecule has 0 aliphatic carbocycles. The number of para-hydroxylation sites is 2. The van der Waals surface area contributed by atoms with Crippen molar-refractivity contribution in [3.05, 3.63) is 95.8 Å². The number of ether oxygens (including phenoxy) is 1. The Morgan fingerprint density at radius 3 is 2.56 bits per heavy atom. The van der Waals surface area contributed by atoms with E-state index in [2.05, 4.69) is 39.5 Å². The summed E-state index contributed by atoms with van der Waals surface area (Å²) in [6.07, 6.45) is 1.81. The van der Waals surface area contributed by atoms with Gasteiger partial charge in [0.25, 0.3) is 5.91 Å². The average Bonchev–Trinajstić information content (AvgIpc) is 3.28. The summed E-state index contributed by atoms with van der Waals surface area (Å²) in [5, 5.41) is 3.04. The quantitative estimate of drug-likeness (QED) is 0.510. The molecule has 0 radical (unpaired) electrons. The minimum absolute atomic E-state index is 0.0781. The molecule has 1 N–H and O–H groups in total. The maximum Gasteiger partial charge on any atom is 0.251 e. The Morgan fingerprint density at radius 1 is 0.938 bits per heavy atom. The first-order valence-electron chi connectivity index (χ1n) is 10.9. The SMILES string of the molecule is O=C(NCc1cccc(CN2CCOCC2)c1)c1ccc(-n2cnc3ccccc32)cc1. The van der Waals surface area contributed by atoms with Crippen molar-refractivity contribution in [2.45, 2.75) is 13.1 Å². The van der Waals surface area contributed by atoms with Crippen LogP contribution in [-0.4, -0.2) is 46.7 Å². The largest absolute Gasteiger partial charge is 0.379 e. The first kappa shape index (κ1) is 20.4. The molecule has 3 aromatic carbocycles. The number of fused-ring (bicyclic) bond motifs is 1. The highest BCUT2D eigenvalue weighted by molar-refractivity contribution is 5.94. The van der Waals surface area contributed by atoms with E-state index >= 15 is 0 Å². The van der Waals surface area contributed by atoms with Crippen LogP contribution in [0.2, 0.25) is 0 Å². The summed E-state index contributed by atoms with van der Waals surface area (Å²) >= 11 is 0. The van der Waals surface area contributed by atoms with Crippen LogP contribution in [0.3, 0.4) is 0 Å². The van der Waals surface area contributed by atoms with Crippen LogP contribution in [0.15, 0.2) is 79.1 Å². The molecule has 1 amide bonds. The molecule has 0 atom stereocenters. The summed E-state index contributed by atoms with van der Waals surface area (Å²) in [4.78, 5) is 19.5. The number of carbonyl (C=O) groups is 1. The monoisotopic (exact) mass is 426 g/mol. The van der Waals surface area contributed by atoms with Gasteiger partial charge in [-0.15, -0.1) is 0 Å². The van der Waals surface area contributed by atoms with Gasteiger partial charge >= 0.3 is 0 Å². The molecule has 5 rings (SSSR count). The molecule has 162 valence electrons. The van der Waals surface area contributed by atoms with Gasteiger partial charge in [-0.3, -0.25) is 14.3 Å². The van der Waals surface area contributed by atoms with Crippen molar-refractivity contribution < 1.29 is 9.53 Å². The summed E-state index contributed by atoms with van der Waals surface area (Å²) in [6.45, 7) is 4.94. The number of nitrogens with one attached hydrogen (secondary N) is 1. The van der Waals surface area contributed by atoms with E-state index < -0.39 is 0 Å². The third-order valence-electron chi connectivity index (χ3n) is 5.82. The van der Waals surface area contributed by atoms with Crippen molar-refractivity contribution in [3.63, 3.8) is 0 Å². The summed E-state index contributed by atoms with van der Waals surface area (Å²) in [6, 6.07) is 24.0. The lowest BCUT2D eigenvalue weighted by atomic mass is 10.1. The number of benzene rings is 3. The molecule has 2 heterocycles. The van der Waals surface area contributed by atoms with Crippen molar-refractivity contribution >= 4 is 16.9 Å². The molecule has 1 saturated heterocycles. The van der Waals surface area contributed by atoms with E-state index in [0.29, 0.717) is 12.1 Å². The third-order valence-corrected chi connectivity index (χ3v) is 5.82. The zero-order valence-corrected chi connectivity index (χ0v) is 17.9. The van der Waals surface area contributed by atoms with Crippen LogP contribution in [0.1, 0.15) is 21.5 Å². The number of morpholine rings is 1. The van der Waals surface area contributed by atoms with Crippen molar-refractivity contribution in [1.29, 1.82) is 0 Å². The van der Waals surface area contributed by atoms with Crippen LogP contribution >= 0.6 is 0 Å². The maximum absolute atomic E-state index is 12.7. The van der Waals surface area contributed by atoms with Crippen LogP contribution in [0, 0.1) is 0 Å². The molecule has 1 aliphatic heterocycles. The van der Waals surface area contributed by atoms with Crippen LogP contribution in [-0.2, 0) is 17.8 Å². The number of hydrogen-bond donors (Lipinski definition) is 1. The number of imidazole rings is 1. The molecule has 1 fully saturated rings. The molecule has 0 saturated carbocycles. The van der Waals surface area contributed by atoms with Gasteiger partial charge in [-0.2, -0.15) is 0 Å². The molecule has 4 aromatic rings. The van der Waals surface area contributed by atoms with E-state index in [1.54, 1.807) is 0 Å². The molecule has 6 nitrogen and oxygen atoms in total. The van der Waals surface area contributed by atoms with E-state index in [1.165, 1.54) is 5.56 Å². The van der Waals surface area contributed by atoms with Gasteiger partial charge < -0.3 is 10.1 Å². The van der Waals surface area contributed by atoms with Crippen molar-refractivity contribution in [2.24, 2.45) is 0 Å². The third kappa shape index (κ3) is 4.56. The first-order chi connectivity index (χ1) is 15.8. The van der Waals surface area contributed by atoms with Crippen LogP contribution < -0.4 is 5.32 Å². The highest BCUT2D eigenvalue weighted by atomic mass is 16.5. The van der Waals surface area contributed by atoms with Gasteiger partial charge in [0.1, 0.15) is 6.33 Å². The zero-order valence-electron chi connectivity index (χ0n) is 17.9. The van der Waals surface area contributed by atoms with Crippen molar-refractivity contribution in [3.8, 4) is 5.69 Å². The van der Waals surface area contributed by atoms with Gasteiger partial charge in [-0.25, -0.2) is 4.98 Å². The van der Waals surface area contributed by atoms with Crippen molar-refractivity contribution in [1.82, 2.24) is 19.8 Å². The molecule has 0 spiro atoms. The Balaban J connectivity index is 1.21. The Kier molecular flexibility index (Phi) is 5.96. The van der Waals surface area contributed by atoms with E-state index in [-0.39, 0.29) is 5.91 Å². The smallest absolute Gasteiger partial charge is 0.251 e. The van der Waals surface area contributed by atoms with Gasteiger partial charge in [-0.1, -0.05) is 36.4 Å². The molecule has 1 aliphatic rings. The number of nitrogens with zero attached hydrogens (tertiary/aromatic N) is 3. The van der Waals surface area contributed by atoms with Gasteiger partial charge in [0.15, 0.2) is 0 Å². The second kappa shape index (κ2) is 9.34. The molecular weight excluding hydrogens is 400 g/mol. The predicted molar refractivity (Wildman–Crippen MR) is 125 cm³/mol. The van der Waals surface area contributed by atoms with Gasteiger partial charge in [0.2, 0.25) is 0 Å². The fourth-order valence-corrected chi connectivity index (χ4v) is 4.08. The maximum atomic E-state index is 12.7. The van der Waals surface area contributed by atoms with Crippen molar-refractivity contribution in [2.75, 3.05) is 26.3 Å². The van der Waals surface area contributed by atoms with Gasteiger partial charge in [0, 0.05) is 37.4 Å². The average molecular weight is 427 g/mol. The van der Waals surface area contributed by atoms with E-state index in [9.17, 15) is 4.79 Å². The Hall–Kier alpha value is -3.48. The molecule has 6 heteroatoms. The molecule has 1 aromatic heterocycles. The topological polar surface area (TPSA) is 59.4 Å². The van der Waals surface area contributed by atoms with Crippen LogP contribution in [0.4, 0.5) is 0 Å². The summed E-state index contributed by atoms with van der Waals surface area (Å²) in [7, 11) is 0. The Bertz CT molecular complexity index is 1210. The molecule has 0 bridgehead atoms. The lowest BCUT2D eigenvalue weighted by Crippen LogP contribution is -2.35. The number of aromatic nitrogens is 2. The second-order valence-electron chi connectivity index (χ2n) is 8.04. The number of rotatable bonds is 6. The van der Waals surface area contributed by atoms with E-state index in [4.69, 9.17) is 4.74 Å². The number of amides is 1. The highest BCUT2D eigenvalue weighted by Gasteiger charge is 2.11. The minimum atomic E-state index is -0.0781. The second-order valence-corrected chi connectivity index (χ2v) is 8.04. The molecule has 32 heavy (non-hydrogen) atoms. The summed E-state index contributed by atoms with van der Waals surface area (Å²) in [5.74, 6) is -0.0781. The van der Waals surface area contributed by atoms with Crippen LogP contribution in [0.25, 0.3) is 16.7 Å². The molecule has 0 unspecified atom stereocenters. The standard InChI is InChI=1S/C26H26N4O2/c31-26(27-17-20-4-3-5-21(16-20)18-29-12-14-32-15-13-29)22-8-10-23(11-9-22)30-19-28-24-6-1-2-7-25(24)30/h1-11,16,19H,12-15,17-18H2,(H,27,31). The fraction of sp³-hybridized carbons (Fsp3) is 0.231. The minimum Gasteiger partial charge on any atom is -0.379 e. The number of hydrogen-bond acceptors (Lipinski definition) is 4. The normalized spacial score (nSPS) is 14.5. The zero-order chi connectivity index (χ0) is 21.8. The van der Waals surface area contributed by atoms with Gasteiger partial charge in [-0.05, 0) is 47.5 Å². The summed E-state index contributed by atoms with van der Waals surface area (Å²) < 4.78 is 7.45. The fourth-order valence-electron chi connectivity index (χ4n) is 4.08. The Morgan fingerprint density at radius 2 is 1.72 bits per heavy atom. The van der Waals surface area contributed by atoms with Crippen LogP contribution in [0.5, 0.6) is 0 Å². The lowest BCUT2D eigenvalue weighted by Gasteiger charge is -2.26. The first-order valence-corrected chi connectivity index (χ1v) is 10.9. The van der Waals surface area contributed by atoms with E-state index in [0.717, 1.165) is 55.1 Å². The predicted octanol–water partition coefficient (Wildman–Crippen LogP) is 3.79. The summed E-state index contributed by atoms with van der Waals surface area (Å²) in [5.41, 5.74) is 5.97.